The van der Waals surface area contributed by atoms with Crippen molar-refractivity contribution >= 4 is 21.9 Å². The molecule has 1 amide bonds. The first-order valence-corrected chi connectivity index (χ1v) is 9.62. The molecule has 0 unspecified atom stereocenters. The third-order valence-corrected chi connectivity index (χ3v) is 5.43. The number of hydrogen-bond donors (Lipinski definition) is 1. The van der Waals surface area contributed by atoms with Gasteiger partial charge in [0.15, 0.2) is 0 Å². The maximum absolute atomic E-state index is 12.7. The van der Waals surface area contributed by atoms with E-state index in [0.29, 0.717) is 35.6 Å². The molecular weight excluding hydrogens is 334 g/mol. The van der Waals surface area contributed by atoms with Gasteiger partial charge < -0.3 is 14.6 Å². The van der Waals surface area contributed by atoms with Crippen molar-refractivity contribution in [1.82, 2.24) is 14.2 Å². The molecule has 2 heterocycles. The largest absolute Gasteiger partial charge is 0.462 e. The van der Waals surface area contributed by atoms with Crippen LogP contribution in [0.5, 0.6) is 0 Å². The number of aromatic nitrogens is 1. The molecule has 1 aromatic heterocycles. The van der Waals surface area contributed by atoms with Crippen LogP contribution in [-0.2, 0) is 14.8 Å². The Hall–Kier alpha value is -1.87. The van der Waals surface area contributed by atoms with Crippen LogP contribution in [0.3, 0.4) is 0 Å². The fourth-order valence-electron chi connectivity index (χ4n) is 2.85. The van der Waals surface area contributed by atoms with Gasteiger partial charge in [0.05, 0.1) is 18.4 Å². The van der Waals surface area contributed by atoms with Crippen LogP contribution in [0.1, 0.15) is 39.0 Å². The van der Waals surface area contributed by atoms with Crippen LogP contribution in [-0.4, -0.2) is 73.5 Å². The molecule has 1 saturated heterocycles. The molecule has 1 aliphatic heterocycles. The van der Waals surface area contributed by atoms with Gasteiger partial charge in [-0.05, 0) is 26.3 Å². The van der Waals surface area contributed by atoms with E-state index in [1.165, 1.54) is 4.31 Å². The summed E-state index contributed by atoms with van der Waals surface area (Å²) in [5, 5.41) is 0. The summed E-state index contributed by atoms with van der Waals surface area (Å²) >= 11 is 0. The molecule has 2 rings (SSSR count). The van der Waals surface area contributed by atoms with Crippen molar-refractivity contribution < 1.29 is 22.7 Å². The molecule has 0 spiro atoms. The lowest BCUT2D eigenvalue weighted by molar-refractivity contribution is 0.0525. The van der Waals surface area contributed by atoms with Crippen LogP contribution < -0.4 is 0 Å². The van der Waals surface area contributed by atoms with Crippen LogP contribution in [0.4, 0.5) is 0 Å². The van der Waals surface area contributed by atoms with Gasteiger partial charge in [0.2, 0.25) is 10.0 Å². The molecule has 8 nitrogen and oxygen atoms in total. The van der Waals surface area contributed by atoms with E-state index in [4.69, 9.17) is 4.74 Å². The van der Waals surface area contributed by atoms with E-state index in [9.17, 15) is 18.0 Å². The summed E-state index contributed by atoms with van der Waals surface area (Å²) in [5.74, 6) is -0.691. The number of ether oxygens (including phenoxy) is 1. The number of aryl methyl sites for hydroxylation is 1. The van der Waals surface area contributed by atoms with Crippen LogP contribution in [0.25, 0.3) is 0 Å². The summed E-state index contributed by atoms with van der Waals surface area (Å²) in [4.78, 5) is 29.3. The SMILES string of the molecule is CCOC(=O)c1c(C)[nH]c(C(=O)N2CCN(S(C)(=O)=O)CC2)c1C. The Morgan fingerprint density at radius 1 is 1.17 bits per heavy atom. The Kier molecular flexibility index (Phi) is 5.34. The second-order valence-electron chi connectivity index (χ2n) is 5.80. The second-order valence-corrected chi connectivity index (χ2v) is 7.78. The number of H-pyrrole nitrogens is 1. The number of carbonyl (C=O) groups excluding carboxylic acids is 2. The molecule has 1 N–H and O–H groups in total. The molecular formula is C15H23N3O5S. The number of nitrogens with zero attached hydrogens (tertiary/aromatic N) is 2. The Morgan fingerprint density at radius 3 is 2.25 bits per heavy atom. The average Bonchev–Trinajstić information content (AvgIpc) is 2.81. The van der Waals surface area contributed by atoms with E-state index >= 15 is 0 Å². The van der Waals surface area contributed by atoms with E-state index in [-0.39, 0.29) is 25.6 Å². The number of sulfonamides is 1. The van der Waals surface area contributed by atoms with Crippen molar-refractivity contribution in [3.05, 3.63) is 22.5 Å². The van der Waals surface area contributed by atoms with Gasteiger partial charge in [-0.1, -0.05) is 0 Å². The average molecular weight is 357 g/mol. The van der Waals surface area contributed by atoms with Gasteiger partial charge in [-0.2, -0.15) is 4.31 Å². The summed E-state index contributed by atoms with van der Waals surface area (Å²) in [5.41, 5.74) is 1.88. The zero-order chi connectivity index (χ0) is 18.1. The monoisotopic (exact) mass is 357 g/mol. The normalized spacial score (nSPS) is 16.2. The smallest absolute Gasteiger partial charge is 0.340 e. The summed E-state index contributed by atoms with van der Waals surface area (Å²) in [6.45, 7) is 6.59. The zero-order valence-corrected chi connectivity index (χ0v) is 15.2. The van der Waals surface area contributed by atoms with Crippen molar-refractivity contribution in [3.8, 4) is 0 Å². The molecule has 1 fully saturated rings. The number of carbonyl (C=O) groups is 2. The fourth-order valence-corrected chi connectivity index (χ4v) is 3.68. The molecule has 0 saturated carbocycles. The first-order chi connectivity index (χ1) is 11.2. The summed E-state index contributed by atoms with van der Waals surface area (Å²) in [6, 6.07) is 0. The molecule has 134 valence electrons. The molecule has 1 aromatic rings. The molecule has 0 atom stereocenters. The van der Waals surface area contributed by atoms with Crippen LogP contribution in [0.2, 0.25) is 0 Å². The van der Waals surface area contributed by atoms with E-state index in [1.807, 2.05) is 0 Å². The van der Waals surface area contributed by atoms with Gasteiger partial charge >= 0.3 is 5.97 Å². The quantitative estimate of drug-likeness (QED) is 0.792. The summed E-state index contributed by atoms with van der Waals surface area (Å²) < 4.78 is 29.4. The highest BCUT2D eigenvalue weighted by Crippen LogP contribution is 2.21. The highest BCUT2D eigenvalue weighted by molar-refractivity contribution is 7.88. The van der Waals surface area contributed by atoms with Crippen LogP contribution in [0, 0.1) is 13.8 Å². The van der Waals surface area contributed by atoms with Crippen molar-refractivity contribution in [2.75, 3.05) is 39.0 Å². The second kappa shape index (κ2) is 6.94. The third-order valence-electron chi connectivity index (χ3n) is 4.13. The van der Waals surface area contributed by atoms with Crippen molar-refractivity contribution in [2.24, 2.45) is 0 Å². The summed E-state index contributed by atoms with van der Waals surface area (Å²) in [7, 11) is -3.24. The standard InChI is InChI=1S/C15H23N3O5S/c1-5-23-15(20)12-10(2)13(16-11(12)3)14(19)17-6-8-18(9-7-17)24(4,21)22/h16H,5-9H2,1-4H3. The number of hydrogen-bond acceptors (Lipinski definition) is 5. The van der Waals surface area contributed by atoms with Crippen LogP contribution >= 0.6 is 0 Å². The minimum absolute atomic E-state index is 0.237. The van der Waals surface area contributed by atoms with Gasteiger partial charge in [0.25, 0.3) is 5.91 Å². The number of nitrogens with one attached hydrogen (secondary N) is 1. The van der Waals surface area contributed by atoms with Gasteiger partial charge in [0.1, 0.15) is 5.69 Å². The molecule has 1 aliphatic rings. The number of esters is 1. The van der Waals surface area contributed by atoms with Crippen molar-refractivity contribution in [3.63, 3.8) is 0 Å². The molecule has 9 heteroatoms. The molecule has 0 aliphatic carbocycles. The molecule has 0 radical (unpaired) electrons. The van der Waals surface area contributed by atoms with E-state index in [0.717, 1.165) is 6.26 Å². The first-order valence-electron chi connectivity index (χ1n) is 7.77. The fraction of sp³-hybridized carbons (Fsp3) is 0.600. The Balaban J connectivity index is 2.17. The molecule has 0 bridgehead atoms. The van der Waals surface area contributed by atoms with E-state index in [2.05, 4.69) is 4.98 Å². The van der Waals surface area contributed by atoms with E-state index < -0.39 is 16.0 Å². The highest BCUT2D eigenvalue weighted by atomic mass is 32.2. The van der Waals surface area contributed by atoms with Crippen molar-refractivity contribution in [2.45, 2.75) is 20.8 Å². The number of amides is 1. The summed E-state index contributed by atoms with van der Waals surface area (Å²) in [6.07, 6.45) is 1.16. The lowest BCUT2D eigenvalue weighted by atomic mass is 10.1. The predicted molar refractivity (Wildman–Crippen MR) is 88.5 cm³/mol. The molecule has 24 heavy (non-hydrogen) atoms. The minimum atomic E-state index is -3.24. The van der Waals surface area contributed by atoms with E-state index in [1.54, 1.807) is 25.7 Å². The van der Waals surface area contributed by atoms with Crippen molar-refractivity contribution in [1.29, 1.82) is 0 Å². The van der Waals surface area contributed by atoms with Crippen LogP contribution in [0.15, 0.2) is 0 Å². The Labute approximate surface area is 141 Å². The first kappa shape index (κ1) is 18.5. The van der Waals surface area contributed by atoms with Gasteiger partial charge in [0, 0.05) is 31.9 Å². The highest BCUT2D eigenvalue weighted by Gasteiger charge is 2.30. The topological polar surface area (TPSA) is 99.8 Å². The molecule has 0 aromatic carbocycles. The number of aromatic amines is 1. The van der Waals surface area contributed by atoms with Gasteiger partial charge in [-0.15, -0.1) is 0 Å². The Morgan fingerprint density at radius 2 is 1.75 bits per heavy atom. The number of rotatable bonds is 4. The minimum Gasteiger partial charge on any atom is -0.462 e. The van der Waals surface area contributed by atoms with Gasteiger partial charge in [-0.3, -0.25) is 4.79 Å². The van der Waals surface area contributed by atoms with Gasteiger partial charge in [-0.25, -0.2) is 13.2 Å². The Bertz CT molecular complexity index is 745. The number of piperazine rings is 1. The maximum atomic E-state index is 12.7. The third kappa shape index (κ3) is 3.62. The maximum Gasteiger partial charge on any atom is 0.340 e. The zero-order valence-electron chi connectivity index (χ0n) is 14.4. The lowest BCUT2D eigenvalue weighted by Gasteiger charge is -2.33. The lowest BCUT2D eigenvalue weighted by Crippen LogP contribution is -2.50. The predicted octanol–water partition coefficient (Wildman–Crippen LogP) is 0.526.